The summed E-state index contributed by atoms with van der Waals surface area (Å²) in [5, 5.41) is 0.0842. The van der Waals surface area contributed by atoms with Gasteiger partial charge in [-0.05, 0) is 120 Å². The van der Waals surface area contributed by atoms with Crippen molar-refractivity contribution in [3.05, 3.63) is 114 Å². The summed E-state index contributed by atoms with van der Waals surface area (Å²) in [6.07, 6.45) is 3.21. The van der Waals surface area contributed by atoms with Gasteiger partial charge in [0.2, 0.25) is 15.0 Å². The molecule has 4 aromatic carbocycles. The van der Waals surface area contributed by atoms with Crippen molar-refractivity contribution in [2.24, 2.45) is 0 Å². The molecule has 4 nitrogen and oxygen atoms in total. The number of carbonyl (C=O) groups excluding carboxylic acids is 1. The molecule has 0 spiro atoms. The van der Waals surface area contributed by atoms with Crippen LogP contribution in [0, 0.1) is 6.92 Å². The van der Waals surface area contributed by atoms with E-state index in [2.05, 4.69) is 44.7 Å². The van der Waals surface area contributed by atoms with Crippen LogP contribution in [-0.2, 0) is 26.1 Å². The molecule has 0 unspecified atom stereocenters. The number of unbranched alkanes of at least 4 members (excludes halogenated alkanes) is 1. The number of hydrogen-bond donors (Lipinski definition) is 0. The lowest BCUT2D eigenvalue weighted by Crippen LogP contribution is -2.02. The summed E-state index contributed by atoms with van der Waals surface area (Å²) in [6.45, 7) is 9.76. The predicted octanol–water partition coefficient (Wildman–Crippen LogP) is 10.7. The van der Waals surface area contributed by atoms with Gasteiger partial charge in [-0.15, -0.1) is 0 Å². The largest absolute Gasteiger partial charge is 0.496 e. The molecule has 0 saturated heterocycles. The Bertz CT molecular complexity index is 1760. The minimum Gasteiger partial charge on any atom is -0.496 e. The molecule has 8 heteroatoms. The van der Waals surface area contributed by atoms with Crippen LogP contribution in [0.2, 0.25) is 0 Å². The summed E-state index contributed by atoms with van der Waals surface area (Å²) >= 11 is 5.14. The lowest BCUT2D eigenvalue weighted by molar-refractivity contribution is -0.107. The highest BCUT2D eigenvalue weighted by atomic mass is 32.2. The molecule has 0 N–H and O–H groups in total. The zero-order valence-corrected chi connectivity index (χ0v) is 31.0. The van der Waals surface area contributed by atoms with Gasteiger partial charge in [0.1, 0.15) is 5.75 Å². The number of aryl methyl sites for hydroxylation is 1. The van der Waals surface area contributed by atoms with Gasteiger partial charge in [-0.1, -0.05) is 73.8 Å². The number of thioether (sulfide) groups is 3. The first kappa shape index (κ1) is 36.9. The van der Waals surface area contributed by atoms with Crippen molar-refractivity contribution in [1.29, 1.82) is 0 Å². The molecular formula is C39H44O4S4. The Morgan fingerprint density at radius 2 is 1.23 bits per heavy atom. The van der Waals surface area contributed by atoms with E-state index in [1.54, 1.807) is 38.3 Å². The highest BCUT2D eigenvalue weighted by Crippen LogP contribution is 2.32. The van der Waals surface area contributed by atoms with Crippen molar-refractivity contribution >= 4 is 50.2 Å². The fourth-order valence-corrected chi connectivity index (χ4v) is 8.97. The third-order valence-electron chi connectivity index (χ3n) is 7.75. The number of ether oxygens (including phenoxy) is 1. The summed E-state index contributed by atoms with van der Waals surface area (Å²) in [5.41, 5.74) is 8.32. The van der Waals surface area contributed by atoms with Crippen LogP contribution >= 0.6 is 35.3 Å². The van der Waals surface area contributed by atoms with Crippen molar-refractivity contribution in [3.63, 3.8) is 0 Å². The second-order valence-electron chi connectivity index (χ2n) is 11.4. The maximum Gasteiger partial charge on any atom is 0.214 e. The third-order valence-corrected chi connectivity index (χ3v) is 12.9. The Balaban J connectivity index is 1.39. The minimum atomic E-state index is -3.67. The number of rotatable bonds is 17. The van der Waals surface area contributed by atoms with Gasteiger partial charge in [0.05, 0.1) is 16.9 Å². The normalized spacial score (nSPS) is 11.4. The van der Waals surface area contributed by atoms with Crippen LogP contribution < -0.4 is 4.74 Å². The van der Waals surface area contributed by atoms with Crippen LogP contribution in [0.3, 0.4) is 0 Å². The standard InChI is InChI=1S/C39H44O4S4/c1-6-21-44-27-35-25-33(15-20-38(35)43-5)31-13-18-37(19-14-31)47(41,42)36-16-11-30(12-17-36)32-10-9-29(4)34(24-32)26-45-22-7-8-23-46-39(40)28(2)3/h9-20,24-25H,2,6-8,21-23,26-27H2,1,3-5H3. The third kappa shape index (κ3) is 10.3. The Kier molecular flexibility index (Phi) is 14.2. The average Bonchev–Trinajstić information content (AvgIpc) is 3.08. The van der Waals surface area contributed by atoms with Crippen LogP contribution in [0.15, 0.2) is 107 Å². The Morgan fingerprint density at radius 3 is 1.81 bits per heavy atom. The van der Waals surface area contributed by atoms with Crippen molar-refractivity contribution in [3.8, 4) is 28.0 Å². The van der Waals surface area contributed by atoms with Crippen LogP contribution in [-0.4, -0.2) is 37.9 Å². The van der Waals surface area contributed by atoms with Crippen LogP contribution in [0.5, 0.6) is 5.75 Å². The fraction of sp³-hybridized carbons (Fsp3) is 0.308. The van der Waals surface area contributed by atoms with Crippen molar-refractivity contribution in [2.75, 3.05) is 24.4 Å². The Labute approximate surface area is 294 Å². The number of methoxy groups -OCH3 is 1. The first-order valence-corrected chi connectivity index (χ1v) is 20.6. The lowest BCUT2D eigenvalue weighted by atomic mass is 10.0. The summed E-state index contributed by atoms with van der Waals surface area (Å²) in [5.74, 6) is 5.62. The summed E-state index contributed by atoms with van der Waals surface area (Å²) in [7, 11) is -1.98. The van der Waals surface area contributed by atoms with Gasteiger partial charge in [-0.3, -0.25) is 4.79 Å². The van der Waals surface area contributed by atoms with E-state index in [0.29, 0.717) is 5.57 Å². The molecule has 0 aliphatic rings. The van der Waals surface area contributed by atoms with Gasteiger partial charge >= 0.3 is 0 Å². The van der Waals surface area contributed by atoms with Crippen molar-refractivity contribution in [2.45, 2.75) is 61.3 Å². The summed E-state index contributed by atoms with van der Waals surface area (Å²) in [6, 6.07) is 26.9. The maximum absolute atomic E-state index is 13.5. The molecule has 0 aliphatic carbocycles. The van der Waals surface area contributed by atoms with E-state index >= 15 is 0 Å². The van der Waals surface area contributed by atoms with E-state index in [4.69, 9.17) is 4.74 Å². The number of carbonyl (C=O) groups is 1. The fourth-order valence-electron chi connectivity index (χ4n) is 4.97. The molecule has 0 amide bonds. The van der Waals surface area contributed by atoms with Crippen molar-refractivity contribution < 1.29 is 17.9 Å². The molecule has 248 valence electrons. The highest BCUT2D eigenvalue weighted by molar-refractivity contribution is 8.14. The molecule has 0 saturated carbocycles. The zero-order chi connectivity index (χ0) is 33.8. The summed E-state index contributed by atoms with van der Waals surface area (Å²) < 4.78 is 32.7. The van der Waals surface area contributed by atoms with Gasteiger partial charge in [0, 0.05) is 22.8 Å². The monoisotopic (exact) mass is 704 g/mol. The molecule has 0 aliphatic heterocycles. The van der Waals surface area contributed by atoms with Crippen LogP contribution in [0.25, 0.3) is 22.3 Å². The molecule has 4 aromatic rings. The Hall–Kier alpha value is -2.91. The molecule has 0 atom stereocenters. The van der Waals surface area contributed by atoms with E-state index in [0.717, 1.165) is 81.6 Å². The van der Waals surface area contributed by atoms with E-state index in [-0.39, 0.29) is 14.9 Å². The first-order valence-electron chi connectivity index (χ1n) is 15.8. The van der Waals surface area contributed by atoms with Gasteiger partial charge in [0.25, 0.3) is 0 Å². The summed E-state index contributed by atoms with van der Waals surface area (Å²) in [4.78, 5) is 12.2. The molecule has 4 rings (SSSR count). The van der Waals surface area contributed by atoms with Gasteiger partial charge < -0.3 is 4.74 Å². The molecule has 47 heavy (non-hydrogen) atoms. The quantitative estimate of drug-likeness (QED) is 0.0801. The Morgan fingerprint density at radius 1 is 0.723 bits per heavy atom. The highest BCUT2D eigenvalue weighted by Gasteiger charge is 2.18. The smallest absolute Gasteiger partial charge is 0.214 e. The van der Waals surface area contributed by atoms with Crippen molar-refractivity contribution in [1.82, 2.24) is 0 Å². The molecule has 0 radical (unpaired) electrons. The van der Waals surface area contributed by atoms with Crippen LogP contribution in [0.1, 0.15) is 49.8 Å². The number of sulfone groups is 1. The van der Waals surface area contributed by atoms with Gasteiger partial charge in [0.15, 0.2) is 0 Å². The SMILES string of the molecule is C=C(C)C(=O)SCCCCSCc1cc(-c2ccc(S(=O)(=O)c3ccc(-c4ccc(OC)c(CSCCC)c4)cc3)cc2)ccc1C. The van der Waals surface area contributed by atoms with E-state index in [1.165, 1.54) is 22.9 Å². The second kappa shape index (κ2) is 18.0. The average molecular weight is 705 g/mol. The second-order valence-corrected chi connectivity index (χ2v) is 16.7. The topological polar surface area (TPSA) is 60.4 Å². The van der Waals surface area contributed by atoms with E-state index < -0.39 is 9.84 Å². The zero-order valence-electron chi connectivity index (χ0n) is 27.7. The van der Waals surface area contributed by atoms with Gasteiger partial charge in [-0.25, -0.2) is 8.42 Å². The molecular weight excluding hydrogens is 661 g/mol. The lowest BCUT2D eigenvalue weighted by Gasteiger charge is -2.12. The number of benzene rings is 4. The van der Waals surface area contributed by atoms with Gasteiger partial charge in [-0.2, -0.15) is 23.5 Å². The first-order chi connectivity index (χ1) is 22.6. The molecule has 0 heterocycles. The van der Waals surface area contributed by atoms with Crippen LogP contribution in [0.4, 0.5) is 0 Å². The van der Waals surface area contributed by atoms with E-state index in [9.17, 15) is 13.2 Å². The molecule has 0 bridgehead atoms. The molecule has 0 aromatic heterocycles. The van der Waals surface area contributed by atoms with E-state index in [1.807, 2.05) is 59.9 Å². The minimum absolute atomic E-state index is 0.0842. The predicted molar refractivity (Wildman–Crippen MR) is 205 cm³/mol. The number of hydrogen-bond acceptors (Lipinski definition) is 7. The molecule has 0 fully saturated rings. The maximum atomic E-state index is 13.5.